The molecule has 0 aliphatic heterocycles. The monoisotopic (exact) mass is 287 g/mol. The third kappa shape index (κ3) is 5.13. The Kier molecular flexibility index (Phi) is 6.93. The van der Waals surface area contributed by atoms with Crippen LogP contribution in [0.2, 0.25) is 0 Å². The van der Waals surface area contributed by atoms with Crippen molar-refractivity contribution in [2.45, 2.75) is 19.8 Å². The number of amides is 1. The maximum Gasteiger partial charge on any atom is 0.255 e. The summed E-state index contributed by atoms with van der Waals surface area (Å²) in [6.45, 7) is 1.31. The number of benzene rings is 1. The second kappa shape index (κ2) is 8.47. The van der Waals surface area contributed by atoms with Crippen LogP contribution in [-0.2, 0) is 0 Å². The summed E-state index contributed by atoms with van der Waals surface area (Å²) in [7, 11) is 0. The molecule has 0 radical (unpaired) electrons. The molecule has 20 heavy (non-hydrogen) atoms. The Morgan fingerprint density at radius 1 is 1.45 bits per heavy atom. The van der Waals surface area contributed by atoms with E-state index in [0.29, 0.717) is 12.4 Å². The standard InChI is InChI=1S/C14H19F2NO3/c1-2-8-20-12-5-3-4-11(9-12)14(19)17(6-7-18)10-13(15)16/h3-5,9,13,18H,2,6-8,10H2,1H3. The van der Waals surface area contributed by atoms with E-state index in [9.17, 15) is 13.6 Å². The molecule has 6 heteroatoms. The van der Waals surface area contributed by atoms with Crippen LogP contribution in [0.4, 0.5) is 8.78 Å². The topological polar surface area (TPSA) is 49.8 Å². The smallest absolute Gasteiger partial charge is 0.255 e. The lowest BCUT2D eigenvalue weighted by Gasteiger charge is -2.21. The summed E-state index contributed by atoms with van der Waals surface area (Å²) >= 11 is 0. The molecule has 0 saturated carbocycles. The summed E-state index contributed by atoms with van der Waals surface area (Å²) in [5.74, 6) is -0.0139. The van der Waals surface area contributed by atoms with E-state index < -0.39 is 18.9 Å². The molecule has 112 valence electrons. The quantitative estimate of drug-likeness (QED) is 0.797. The van der Waals surface area contributed by atoms with Crippen molar-refractivity contribution in [3.05, 3.63) is 29.8 Å². The second-order valence-electron chi connectivity index (χ2n) is 4.24. The molecule has 0 unspecified atom stereocenters. The van der Waals surface area contributed by atoms with Crippen LogP contribution >= 0.6 is 0 Å². The van der Waals surface area contributed by atoms with Crippen LogP contribution in [0.5, 0.6) is 5.75 Å². The Labute approximate surface area is 117 Å². The van der Waals surface area contributed by atoms with Gasteiger partial charge in [0.1, 0.15) is 5.75 Å². The predicted molar refractivity (Wildman–Crippen MR) is 71.2 cm³/mol. The first-order valence-corrected chi connectivity index (χ1v) is 6.49. The van der Waals surface area contributed by atoms with E-state index in [0.717, 1.165) is 11.3 Å². The Hall–Kier alpha value is -1.69. The van der Waals surface area contributed by atoms with Gasteiger partial charge in [0, 0.05) is 12.1 Å². The van der Waals surface area contributed by atoms with E-state index in [1.165, 1.54) is 12.1 Å². The van der Waals surface area contributed by atoms with Crippen LogP contribution in [-0.4, -0.2) is 48.6 Å². The summed E-state index contributed by atoms with van der Waals surface area (Å²) in [5, 5.41) is 8.85. The fraction of sp³-hybridized carbons (Fsp3) is 0.500. The highest BCUT2D eigenvalue weighted by atomic mass is 19.3. The minimum absolute atomic E-state index is 0.122. The van der Waals surface area contributed by atoms with Gasteiger partial charge in [-0.25, -0.2) is 8.78 Å². The molecule has 1 aromatic rings. The minimum atomic E-state index is -2.63. The van der Waals surface area contributed by atoms with Crippen molar-refractivity contribution in [3.63, 3.8) is 0 Å². The van der Waals surface area contributed by atoms with E-state index in [1.54, 1.807) is 12.1 Å². The third-order valence-corrected chi connectivity index (χ3v) is 2.57. The maximum atomic E-state index is 12.4. The Bertz CT molecular complexity index is 427. The molecule has 0 aliphatic carbocycles. The number of ether oxygens (including phenoxy) is 1. The summed E-state index contributed by atoms with van der Waals surface area (Å²) in [6, 6.07) is 6.40. The number of rotatable bonds is 8. The number of hydrogen-bond donors (Lipinski definition) is 1. The zero-order chi connectivity index (χ0) is 15.0. The molecular weight excluding hydrogens is 268 g/mol. The fourth-order valence-electron chi connectivity index (χ4n) is 1.68. The van der Waals surface area contributed by atoms with Gasteiger partial charge in [-0.15, -0.1) is 0 Å². The van der Waals surface area contributed by atoms with Gasteiger partial charge in [0.05, 0.1) is 19.8 Å². The number of carbonyl (C=O) groups is 1. The van der Waals surface area contributed by atoms with Crippen molar-refractivity contribution in [3.8, 4) is 5.75 Å². The lowest BCUT2D eigenvalue weighted by molar-refractivity contribution is 0.0509. The normalized spacial score (nSPS) is 10.7. The van der Waals surface area contributed by atoms with Gasteiger partial charge in [-0.3, -0.25) is 4.79 Å². The van der Waals surface area contributed by atoms with Gasteiger partial charge in [0.25, 0.3) is 12.3 Å². The molecular formula is C14H19F2NO3. The van der Waals surface area contributed by atoms with E-state index in [1.807, 2.05) is 6.92 Å². The molecule has 0 spiro atoms. The van der Waals surface area contributed by atoms with Gasteiger partial charge in [-0.1, -0.05) is 13.0 Å². The largest absolute Gasteiger partial charge is 0.494 e. The Morgan fingerprint density at radius 3 is 2.80 bits per heavy atom. The van der Waals surface area contributed by atoms with Crippen LogP contribution < -0.4 is 4.74 Å². The third-order valence-electron chi connectivity index (χ3n) is 2.57. The summed E-state index contributed by atoms with van der Waals surface area (Å²) in [6.07, 6.45) is -1.80. The lowest BCUT2D eigenvalue weighted by Crippen LogP contribution is -2.37. The highest BCUT2D eigenvalue weighted by Gasteiger charge is 2.19. The summed E-state index contributed by atoms with van der Waals surface area (Å²) < 4.78 is 30.3. The van der Waals surface area contributed by atoms with Gasteiger partial charge in [-0.05, 0) is 24.6 Å². The summed E-state index contributed by atoms with van der Waals surface area (Å²) in [4.78, 5) is 13.1. The average Bonchev–Trinajstić information content (AvgIpc) is 2.43. The molecule has 0 atom stereocenters. The number of aliphatic hydroxyl groups excluding tert-OH is 1. The highest BCUT2D eigenvalue weighted by molar-refractivity contribution is 5.94. The maximum absolute atomic E-state index is 12.4. The van der Waals surface area contributed by atoms with Crippen LogP contribution in [0.15, 0.2) is 24.3 Å². The molecule has 0 saturated heterocycles. The van der Waals surface area contributed by atoms with Crippen molar-refractivity contribution in [2.24, 2.45) is 0 Å². The zero-order valence-corrected chi connectivity index (χ0v) is 11.4. The van der Waals surface area contributed by atoms with Gasteiger partial charge in [0.15, 0.2) is 0 Å². The van der Waals surface area contributed by atoms with E-state index in [4.69, 9.17) is 9.84 Å². The van der Waals surface area contributed by atoms with Crippen molar-refractivity contribution in [1.82, 2.24) is 4.90 Å². The van der Waals surface area contributed by atoms with Crippen LogP contribution in [0.25, 0.3) is 0 Å². The Balaban J connectivity index is 2.82. The fourth-order valence-corrected chi connectivity index (χ4v) is 1.68. The van der Waals surface area contributed by atoms with Crippen molar-refractivity contribution in [2.75, 3.05) is 26.3 Å². The molecule has 1 aromatic carbocycles. The SMILES string of the molecule is CCCOc1cccc(C(=O)N(CCO)CC(F)F)c1. The van der Waals surface area contributed by atoms with Gasteiger partial charge in [-0.2, -0.15) is 0 Å². The van der Waals surface area contributed by atoms with Crippen LogP contribution in [0, 0.1) is 0 Å². The number of hydrogen-bond acceptors (Lipinski definition) is 3. The first-order chi connectivity index (χ1) is 9.58. The van der Waals surface area contributed by atoms with Crippen molar-refractivity contribution in [1.29, 1.82) is 0 Å². The molecule has 0 fully saturated rings. The number of alkyl halides is 2. The molecule has 0 aromatic heterocycles. The number of halogens is 2. The first-order valence-electron chi connectivity index (χ1n) is 6.49. The molecule has 4 nitrogen and oxygen atoms in total. The zero-order valence-electron chi connectivity index (χ0n) is 11.4. The van der Waals surface area contributed by atoms with Gasteiger partial charge in [0.2, 0.25) is 0 Å². The number of carbonyl (C=O) groups excluding carboxylic acids is 1. The van der Waals surface area contributed by atoms with E-state index >= 15 is 0 Å². The molecule has 0 aliphatic rings. The average molecular weight is 287 g/mol. The number of nitrogens with zero attached hydrogens (tertiary/aromatic N) is 1. The van der Waals surface area contributed by atoms with Gasteiger partial charge >= 0.3 is 0 Å². The second-order valence-corrected chi connectivity index (χ2v) is 4.24. The molecule has 1 rings (SSSR count). The molecule has 0 bridgehead atoms. The number of aliphatic hydroxyl groups is 1. The lowest BCUT2D eigenvalue weighted by atomic mass is 10.2. The van der Waals surface area contributed by atoms with Crippen molar-refractivity contribution >= 4 is 5.91 Å². The first kappa shape index (κ1) is 16.4. The van der Waals surface area contributed by atoms with E-state index in [-0.39, 0.29) is 18.7 Å². The Morgan fingerprint density at radius 2 is 2.20 bits per heavy atom. The van der Waals surface area contributed by atoms with Gasteiger partial charge < -0.3 is 14.7 Å². The van der Waals surface area contributed by atoms with Crippen molar-refractivity contribution < 1.29 is 23.4 Å². The summed E-state index contributed by atoms with van der Waals surface area (Å²) in [5.41, 5.74) is 0.271. The van der Waals surface area contributed by atoms with Crippen LogP contribution in [0.3, 0.4) is 0 Å². The molecule has 1 amide bonds. The molecule has 0 heterocycles. The highest BCUT2D eigenvalue weighted by Crippen LogP contribution is 2.16. The minimum Gasteiger partial charge on any atom is -0.494 e. The van der Waals surface area contributed by atoms with Crippen LogP contribution in [0.1, 0.15) is 23.7 Å². The predicted octanol–water partition coefficient (Wildman–Crippen LogP) is 2.17. The van der Waals surface area contributed by atoms with E-state index in [2.05, 4.69) is 0 Å². The molecule has 1 N–H and O–H groups in total.